The van der Waals surface area contributed by atoms with Crippen LogP contribution >= 0.6 is 0 Å². The molecule has 0 aromatic heterocycles. The van der Waals surface area contributed by atoms with Crippen molar-refractivity contribution in [2.45, 2.75) is 69.7 Å². The third kappa shape index (κ3) is 5.69. The Bertz CT molecular complexity index is 727. The maximum atomic E-state index is 13.5. The minimum Gasteiger partial charge on any atom is -0.495 e. The molecule has 1 aliphatic rings. The average Bonchev–Trinajstić information content (AvgIpc) is 2.67. The molecule has 1 N–H and O–H groups in total. The number of aryl methyl sites for hydroxylation is 1. The lowest BCUT2D eigenvalue weighted by atomic mass is 9.95. The smallest absolute Gasteiger partial charge is 0.247 e. The normalized spacial score (nSPS) is 15.7. The Kier molecular flexibility index (Phi) is 8.10. The van der Waals surface area contributed by atoms with Crippen LogP contribution in [0.2, 0.25) is 0 Å². The van der Waals surface area contributed by atoms with E-state index in [0.717, 1.165) is 50.5 Å². The number of amides is 1. The monoisotopic (exact) mass is 396 g/mol. The van der Waals surface area contributed by atoms with E-state index in [-0.39, 0.29) is 23.4 Å². The molecule has 0 unspecified atom stereocenters. The van der Waals surface area contributed by atoms with E-state index in [1.807, 2.05) is 13.0 Å². The highest BCUT2D eigenvalue weighted by molar-refractivity contribution is 7.89. The molecule has 1 aliphatic carbocycles. The molecular weight excluding hydrogens is 364 g/mol. The zero-order valence-electron chi connectivity index (χ0n) is 16.7. The lowest BCUT2D eigenvalue weighted by Crippen LogP contribution is -2.47. The molecular formula is C20H32N2O4S. The number of benzene rings is 1. The van der Waals surface area contributed by atoms with Crippen molar-refractivity contribution in [3.8, 4) is 5.75 Å². The topological polar surface area (TPSA) is 75.7 Å². The first-order valence-corrected chi connectivity index (χ1v) is 11.3. The van der Waals surface area contributed by atoms with E-state index in [4.69, 9.17) is 4.74 Å². The molecule has 152 valence electrons. The second-order valence-electron chi connectivity index (χ2n) is 7.20. The standard InChI is InChI=1S/C20H32N2O4S/c1-4-5-13-21-20(23)15-22(17-9-7-6-8-10-17)27(24,25)19-14-16(2)11-12-18(19)26-3/h11-12,14,17H,4-10,13,15H2,1-3H3,(H,21,23). The molecule has 0 atom stereocenters. The first-order chi connectivity index (χ1) is 12.9. The van der Waals surface area contributed by atoms with Crippen LogP contribution in [-0.2, 0) is 14.8 Å². The van der Waals surface area contributed by atoms with Gasteiger partial charge in [0.15, 0.2) is 0 Å². The number of nitrogens with one attached hydrogen (secondary N) is 1. The van der Waals surface area contributed by atoms with Gasteiger partial charge in [-0.15, -0.1) is 0 Å². The van der Waals surface area contributed by atoms with Gasteiger partial charge in [-0.05, 0) is 43.9 Å². The number of nitrogens with zero attached hydrogens (tertiary/aromatic N) is 1. The Morgan fingerprint density at radius 1 is 1.26 bits per heavy atom. The van der Waals surface area contributed by atoms with Crippen molar-refractivity contribution >= 4 is 15.9 Å². The lowest BCUT2D eigenvalue weighted by molar-refractivity contribution is -0.121. The average molecular weight is 397 g/mol. The largest absolute Gasteiger partial charge is 0.495 e. The minimum atomic E-state index is -3.84. The SMILES string of the molecule is CCCCNC(=O)CN(C1CCCCC1)S(=O)(=O)c1cc(C)ccc1OC. The van der Waals surface area contributed by atoms with E-state index >= 15 is 0 Å². The molecule has 0 spiro atoms. The second-order valence-corrected chi connectivity index (χ2v) is 9.06. The molecule has 27 heavy (non-hydrogen) atoms. The van der Waals surface area contributed by atoms with Crippen molar-refractivity contribution in [2.75, 3.05) is 20.2 Å². The predicted octanol–water partition coefficient (Wildman–Crippen LogP) is 3.24. The van der Waals surface area contributed by atoms with E-state index in [1.54, 1.807) is 12.1 Å². The highest BCUT2D eigenvalue weighted by Crippen LogP contribution is 2.32. The summed E-state index contributed by atoms with van der Waals surface area (Å²) < 4.78 is 33.7. The molecule has 0 saturated heterocycles. The number of rotatable bonds is 9. The Hall–Kier alpha value is -1.60. The molecule has 1 aromatic rings. The van der Waals surface area contributed by atoms with Crippen LogP contribution in [-0.4, -0.2) is 44.9 Å². The van der Waals surface area contributed by atoms with Crippen molar-refractivity contribution in [3.05, 3.63) is 23.8 Å². The Balaban J connectivity index is 2.33. The van der Waals surface area contributed by atoms with Crippen molar-refractivity contribution in [2.24, 2.45) is 0 Å². The van der Waals surface area contributed by atoms with E-state index in [2.05, 4.69) is 12.2 Å². The van der Waals surface area contributed by atoms with E-state index in [9.17, 15) is 13.2 Å². The maximum absolute atomic E-state index is 13.5. The first kappa shape index (κ1) is 21.7. The number of carbonyl (C=O) groups excluding carboxylic acids is 1. The third-order valence-electron chi connectivity index (χ3n) is 5.04. The van der Waals surface area contributed by atoms with Gasteiger partial charge in [0.2, 0.25) is 15.9 Å². The first-order valence-electron chi connectivity index (χ1n) is 9.83. The Labute approximate surface area is 163 Å². The van der Waals surface area contributed by atoms with Gasteiger partial charge in [0.1, 0.15) is 10.6 Å². The van der Waals surface area contributed by atoms with Crippen molar-refractivity contribution in [3.63, 3.8) is 0 Å². The quantitative estimate of drug-likeness (QED) is 0.650. The van der Waals surface area contributed by atoms with Crippen molar-refractivity contribution < 1.29 is 17.9 Å². The van der Waals surface area contributed by atoms with Crippen LogP contribution < -0.4 is 10.1 Å². The van der Waals surface area contributed by atoms with Gasteiger partial charge in [-0.1, -0.05) is 38.7 Å². The molecule has 0 aliphatic heterocycles. The minimum absolute atomic E-state index is 0.136. The highest BCUT2D eigenvalue weighted by atomic mass is 32.2. The zero-order chi connectivity index (χ0) is 19.9. The van der Waals surface area contributed by atoms with Gasteiger partial charge in [0.25, 0.3) is 0 Å². The highest BCUT2D eigenvalue weighted by Gasteiger charge is 2.35. The fourth-order valence-electron chi connectivity index (χ4n) is 3.49. The summed E-state index contributed by atoms with van der Waals surface area (Å²) in [5.41, 5.74) is 0.838. The number of hydrogen-bond acceptors (Lipinski definition) is 4. The van der Waals surface area contributed by atoms with E-state index in [1.165, 1.54) is 11.4 Å². The van der Waals surface area contributed by atoms with Crippen LogP contribution in [0.1, 0.15) is 57.4 Å². The van der Waals surface area contributed by atoms with Crippen molar-refractivity contribution in [1.82, 2.24) is 9.62 Å². The predicted molar refractivity (Wildman–Crippen MR) is 106 cm³/mol. The third-order valence-corrected chi connectivity index (χ3v) is 6.96. The summed E-state index contributed by atoms with van der Waals surface area (Å²) in [6, 6.07) is 4.97. The van der Waals surface area contributed by atoms with E-state index < -0.39 is 10.0 Å². The molecule has 0 radical (unpaired) electrons. The lowest BCUT2D eigenvalue weighted by Gasteiger charge is -2.33. The van der Waals surface area contributed by atoms with Crippen LogP contribution in [0.5, 0.6) is 5.75 Å². The summed E-state index contributed by atoms with van der Waals surface area (Å²) >= 11 is 0. The summed E-state index contributed by atoms with van der Waals surface area (Å²) in [5.74, 6) is 0.0667. The molecule has 1 saturated carbocycles. The number of hydrogen-bond donors (Lipinski definition) is 1. The zero-order valence-corrected chi connectivity index (χ0v) is 17.5. The van der Waals surface area contributed by atoms with Gasteiger partial charge in [-0.3, -0.25) is 4.79 Å². The second kappa shape index (κ2) is 10.1. The van der Waals surface area contributed by atoms with Gasteiger partial charge in [-0.25, -0.2) is 8.42 Å². The summed E-state index contributed by atoms with van der Waals surface area (Å²) in [4.78, 5) is 12.6. The molecule has 7 heteroatoms. The molecule has 1 amide bonds. The van der Waals surface area contributed by atoms with Gasteiger partial charge in [0, 0.05) is 12.6 Å². The summed E-state index contributed by atoms with van der Waals surface area (Å²) in [5, 5.41) is 2.84. The molecule has 2 rings (SSSR count). The number of carbonyl (C=O) groups is 1. The molecule has 1 aromatic carbocycles. The van der Waals surface area contributed by atoms with Crippen molar-refractivity contribution in [1.29, 1.82) is 0 Å². The van der Waals surface area contributed by atoms with Gasteiger partial charge >= 0.3 is 0 Å². The number of sulfonamides is 1. The fourth-order valence-corrected chi connectivity index (χ4v) is 5.38. The fraction of sp³-hybridized carbons (Fsp3) is 0.650. The Morgan fingerprint density at radius 3 is 2.59 bits per heavy atom. The van der Waals surface area contributed by atoms with Gasteiger partial charge < -0.3 is 10.1 Å². The molecule has 6 nitrogen and oxygen atoms in total. The van der Waals surface area contributed by atoms with Gasteiger partial charge in [0.05, 0.1) is 13.7 Å². The maximum Gasteiger partial charge on any atom is 0.247 e. The van der Waals surface area contributed by atoms with Crippen LogP contribution in [0.3, 0.4) is 0 Å². The molecule has 0 bridgehead atoms. The summed E-state index contributed by atoms with van der Waals surface area (Å²) in [7, 11) is -2.38. The van der Waals surface area contributed by atoms with Gasteiger partial charge in [-0.2, -0.15) is 4.31 Å². The molecule has 0 heterocycles. The summed E-state index contributed by atoms with van der Waals surface area (Å²) in [6.45, 7) is 4.32. The number of unbranched alkanes of at least 4 members (excludes halogenated alkanes) is 1. The molecule has 1 fully saturated rings. The van der Waals surface area contributed by atoms with Crippen LogP contribution in [0.25, 0.3) is 0 Å². The van der Waals surface area contributed by atoms with Crippen LogP contribution in [0.4, 0.5) is 0 Å². The van der Waals surface area contributed by atoms with Crippen LogP contribution in [0.15, 0.2) is 23.1 Å². The Morgan fingerprint density at radius 2 is 1.96 bits per heavy atom. The van der Waals surface area contributed by atoms with E-state index in [0.29, 0.717) is 12.3 Å². The number of methoxy groups -OCH3 is 1. The summed E-state index contributed by atoms with van der Waals surface area (Å²) in [6.07, 6.45) is 6.52. The number of ether oxygens (including phenoxy) is 1. The van der Waals surface area contributed by atoms with Crippen LogP contribution in [0, 0.1) is 6.92 Å².